The minimum absolute atomic E-state index is 0.130. The molecule has 1 aromatic carbocycles. The molecule has 1 N–H and O–H groups in total. The average Bonchev–Trinajstić information content (AvgIpc) is 2.46. The lowest BCUT2D eigenvalue weighted by molar-refractivity contribution is 0.315. The first-order valence-electron chi connectivity index (χ1n) is 8.11. The van der Waals surface area contributed by atoms with E-state index >= 15 is 0 Å². The van der Waals surface area contributed by atoms with E-state index in [1.165, 1.54) is 50.5 Å². The number of hydrogen-bond donors (Lipinski definition) is 1. The molecule has 0 heterocycles. The molecule has 0 aliphatic heterocycles. The first-order chi connectivity index (χ1) is 9.69. The Morgan fingerprint density at radius 1 is 1.25 bits per heavy atom. The van der Waals surface area contributed by atoms with Gasteiger partial charge in [0, 0.05) is 6.04 Å². The summed E-state index contributed by atoms with van der Waals surface area (Å²) in [6.45, 7) is 2.01. The molecule has 0 amide bonds. The predicted octanol–water partition coefficient (Wildman–Crippen LogP) is 4.63. The molecule has 1 saturated carbocycles. The highest BCUT2D eigenvalue weighted by Gasteiger charge is 2.16. The van der Waals surface area contributed by atoms with Gasteiger partial charge >= 0.3 is 0 Å². The number of halogens is 1. The Hall–Kier alpha value is -0.890. The van der Waals surface area contributed by atoms with Gasteiger partial charge in [-0.2, -0.15) is 0 Å². The zero-order valence-electron chi connectivity index (χ0n) is 12.9. The van der Waals surface area contributed by atoms with Crippen LogP contribution >= 0.6 is 0 Å². The van der Waals surface area contributed by atoms with Gasteiger partial charge in [0.05, 0.1) is 0 Å². The van der Waals surface area contributed by atoms with Crippen molar-refractivity contribution < 1.29 is 4.39 Å². The lowest BCUT2D eigenvalue weighted by atomic mass is 9.84. The summed E-state index contributed by atoms with van der Waals surface area (Å²) in [6, 6.07) is 5.68. The van der Waals surface area contributed by atoms with Crippen molar-refractivity contribution in [3.05, 3.63) is 35.1 Å². The fourth-order valence-electron chi connectivity index (χ4n) is 3.41. The highest BCUT2D eigenvalue weighted by atomic mass is 19.1. The average molecular weight is 277 g/mol. The zero-order valence-corrected chi connectivity index (χ0v) is 12.9. The Balaban J connectivity index is 1.84. The van der Waals surface area contributed by atoms with Crippen molar-refractivity contribution in [3.8, 4) is 0 Å². The monoisotopic (exact) mass is 277 g/mol. The van der Waals surface area contributed by atoms with E-state index in [1.54, 1.807) is 12.1 Å². The molecular weight excluding hydrogens is 249 g/mol. The second-order valence-electron chi connectivity index (χ2n) is 6.34. The van der Waals surface area contributed by atoms with E-state index in [1.807, 2.05) is 20.0 Å². The second-order valence-corrected chi connectivity index (χ2v) is 6.34. The zero-order chi connectivity index (χ0) is 14.4. The Bertz CT molecular complexity index is 410. The fourth-order valence-corrected chi connectivity index (χ4v) is 3.41. The number of rotatable bonds is 6. The summed E-state index contributed by atoms with van der Waals surface area (Å²) >= 11 is 0. The van der Waals surface area contributed by atoms with Crippen LogP contribution in [0.2, 0.25) is 0 Å². The third-order valence-electron chi connectivity index (χ3n) is 4.83. The van der Waals surface area contributed by atoms with Gasteiger partial charge in [-0.05, 0) is 62.4 Å². The van der Waals surface area contributed by atoms with Gasteiger partial charge in [0.15, 0.2) is 0 Å². The van der Waals surface area contributed by atoms with Crippen LogP contribution in [-0.2, 0) is 6.42 Å². The number of hydrogen-bond acceptors (Lipinski definition) is 1. The molecule has 0 aromatic heterocycles. The molecule has 2 heteroatoms. The molecule has 1 unspecified atom stereocenters. The number of benzene rings is 1. The molecular formula is C18H28FN. The van der Waals surface area contributed by atoms with Crippen LogP contribution in [0.5, 0.6) is 0 Å². The molecule has 20 heavy (non-hydrogen) atoms. The minimum atomic E-state index is -0.130. The van der Waals surface area contributed by atoms with Crippen molar-refractivity contribution in [2.45, 2.75) is 64.3 Å². The second kappa shape index (κ2) is 7.78. The molecule has 1 atom stereocenters. The minimum Gasteiger partial charge on any atom is -0.317 e. The van der Waals surface area contributed by atoms with E-state index in [9.17, 15) is 4.39 Å². The van der Waals surface area contributed by atoms with Gasteiger partial charge in [0.2, 0.25) is 0 Å². The Morgan fingerprint density at radius 2 is 2.00 bits per heavy atom. The summed E-state index contributed by atoms with van der Waals surface area (Å²) < 4.78 is 13.1. The summed E-state index contributed by atoms with van der Waals surface area (Å²) in [6.07, 6.45) is 10.7. The molecule has 0 spiro atoms. The van der Waals surface area contributed by atoms with Gasteiger partial charge in [-0.1, -0.05) is 38.2 Å². The lowest BCUT2D eigenvalue weighted by Crippen LogP contribution is -2.28. The Morgan fingerprint density at radius 3 is 2.65 bits per heavy atom. The van der Waals surface area contributed by atoms with Gasteiger partial charge < -0.3 is 5.32 Å². The summed E-state index contributed by atoms with van der Waals surface area (Å²) in [5, 5.41) is 3.44. The fraction of sp³-hybridized carbons (Fsp3) is 0.667. The van der Waals surface area contributed by atoms with Crippen LogP contribution < -0.4 is 5.32 Å². The topological polar surface area (TPSA) is 12.0 Å². The van der Waals surface area contributed by atoms with E-state index in [4.69, 9.17) is 0 Å². The van der Waals surface area contributed by atoms with Gasteiger partial charge in [-0.15, -0.1) is 0 Å². The van der Waals surface area contributed by atoms with Crippen molar-refractivity contribution in [3.63, 3.8) is 0 Å². The van der Waals surface area contributed by atoms with E-state index in [2.05, 4.69) is 5.32 Å². The quantitative estimate of drug-likeness (QED) is 0.799. The van der Waals surface area contributed by atoms with Crippen molar-refractivity contribution in [2.75, 3.05) is 7.05 Å². The summed E-state index contributed by atoms with van der Waals surface area (Å²) in [7, 11) is 2.05. The molecule has 0 bridgehead atoms. The van der Waals surface area contributed by atoms with Crippen LogP contribution in [0.15, 0.2) is 18.2 Å². The maximum Gasteiger partial charge on any atom is 0.123 e. The standard InChI is InChI=1S/C18H28FN/c1-14-12-17(19)10-9-16(14)13-18(20-2)11-8-15-6-4-3-5-7-15/h9-10,12,15,18,20H,3-8,11,13H2,1-2H3. The molecule has 1 aromatic rings. The number of aryl methyl sites for hydroxylation is 1. The largest absolute Gasteiger partial charge is 0.317 e. The highest BCUT2D eigenvalue weighted by Crippen LogP contribution is 2.28. The number of nitrogens with one attached hydrogen (secondary N) is 1. The van der Waals surface area contributed by atoms with E-state index in [-0.39, 0.29) is 5.82 Å². The number of likely N-dealkylation sites (N-methyl/N-ethyl adjacent to an activating group) is 1. The van der Waals surface area contributed by atoms with Crippen LogP contribution in [0.25, 0.3) is 0 Å². The first kappa shape index (κ1) is 15.5. The maximum absolute atomic E-state index is 13.1. The Kier molecular flexibility index (Phi) is 6.03. The third kappa shape index (κ3) is 4.59. The Labute approximate surface area is 123 Å². The predicted molar refractivity (Wildman–Crippen MR) is 83.5 cm³/mol. The van der Waals surface area contributed by atoms with Crippen LogP contribution in [0.1, 0.15) is 56.1 Å². The molecule has 1 nitrogen and oxygen atoms in total. The molecule has 0 radical (unpaired) electrons. The van der Waals surface area contributed by atoms with Gasteiger partial charge in [-0.25, -0.2) is 4.39 Å². The SMILES string of the molecule is CNC(CCC1CCCCC1)Cc1ccc(F)cc1C. The highest BCUT2D eigenvalue weighted by molar-refractivity contribution is 5.27. The van der Waals surface area contributed by atoms with Gasteiger partial charge in [0.25, 0.3) is 0 Å². The molecule has 112 valence electrons. The smallest absolute Gasteiger partial charge is 0.123 e. The lowest BCUT2D eigenvalue weighted by Gasteiger charge is -2.24. The van der Waals surface area contributed by atoms with Crippen LogP contribution in [-0.4, -0.2) is 13.1 Å². The van der Waals surface area contributed by atoms with Crippen LogP contribution in [0.4, 0.5) is 4.39 Å². The normalized spacial score (nSPS) is 18.1. The van der Waals surface area contributed by atoms with Crippen LogP contribution in [0, 0.1) is 18.7 Å². The summed E-state index contributed by atoms with van der Waals surface area (Å²) in [4.78, 5) is 0. The van der Waals surface area contributed by atoms with E-state index < -0.39 is 0 Å². The molecule has 0 saturated heterocycles. The summed E-state index contributed by atoms with van der Waals surface area (Å²) in [5.74, 6) is 0.809. The maximum atomic E-state index is 13.1. The first-order valence-corrected chi connectivity index (χ1v) is 8.11. The molecule has 1 aliphatic carbocycles. The third-order valence-corrected chi connectivity index (χ3v) is 4.83. The molecule has 1 aliphatic rings. The van der Waals surface area contributed by atoms with Crippen molar-refractivity contribution in [1.82, 2.24) is 5.32 Å². The van der Waals surface area contributed by atoms with Crippen molar-refractivity contribution >= 4 is 0 Å². The van der Waals surface area contributed by atoms with Crippen molar-refractivity contribution in [1.29, 1.82) is 0 Å². The van der Waals surface area contributed by atoms with Crippen LogP contribution in [0.3, 0.4) is 0 Å². The molecule has 2 rings (SSSR count). The van der Waals surface area contributed by atoms with Gasteiger partial charge in [-0.3, -0.25) is 0 Å². The van der Waals surface area contributed by atoms with Crippen molar-refractivity contribution in [2.24, 2.45) is 5.92 Å². The molecule has 1 fully saturated rings. The van der Waals surface area contributed by atoms with E-state index in [0.717, 1.165) is 17.9 Å². The summed E-state index contributed by atoms with van der Waals surface area (Å²) in [5.41, 5.74) is 2.34. The van der Waals surface area contributed by atoms with Gasteiger partial charge in [0.1, 0.15) is 5.82 Å². The van der Waals surface area contributed by atoms with E-state index in [0.29, 0.717) is 6.04 Å².